The maximum absolute atomic E-state index is 13.1. The average molecular weight is 409 g/mol. The van der Waals surface area contributed by atoms with Crippen molar-refractivity contribution in [2.45, 2.75) is 5.66 Å². The molecule has 0 spiro atoms. The molecule has 0 aliphatic carbocycles. The zero-order chi connectivity index (χ0) is 20.6. The number of hydrogen-bond acceptors (Lipinski definition) is 4. The molecule has 1 amide bonds. The Balaban J connectivity index is 1.71. The lowest BCUT2D eigenvalue weighted by atomic mass is 10.1. The Bertz CT molecular complexity index is 1260. The first-order chi connectivity index (χ1) is 13.9. The van der Waals surface area contributed by atoms with Crippen molar-refractivity contribution in [1.29, 1.82) is 0 Å². The predicted molar refractivity (Wildman–Crippen MR) is 114 cm³/mol. The maximum atomic E-state index is 13.1. The molecule has 0 bridgehead atoms. The molecule has 0 saturated heterocycles. The van der Waals surface area contributed by atoms with Crippen LogP contribution in [0.15, 0.2) is 71.3 Å². The van der Waals surface area contributed by atoms with Gasteiger partial charge in [-0.25, -0.2) is 0 Å². The Morgan fingerprint density at radius 2 is 1.86 bits per heavy atom. The normalized spacial score (nSPS) is 14.4. The fourth-order valence-corrected chi connectivity index (χ4v) is 4.68. The number of hydrogen-bond donors (Lipinski definition) is 2. The van der Waals surface area contributed by atoms with Crippen LogP contribution in [0.5, 0.6) is 5.75 Å². The van der Waals surface area contributed by atoms with Crippen molar-refractivity contribution in [3.63, 3.8) is 0 Å². The fourth-order valence-electron chi connectivity index (χ4n) is 3.46. The summed E-state index contributed by atoms with van der Waals surface area (Å²) in [6.07, 6.45) is 1.36. The smallest absolute Gasteiger partial charge is 0.241 e. The van der Waals surface area contributed by atoms with E-state index in [2.05, 4.69) is 5.32 Å². The number of rotatable bonds is 5. The summed E-state index contributed by atoms with van der Waals surface area (Å²) in [7, 11) is -2.29. The minimum absolute atomic E-state index is 0.370. The van der Waals surface area contributed by atoms with Gasteiger partial charge in [0.2, 0.25) is 13.3 Å². The van der Waals surface area contributed by atoms with Gasteiger partial charge in [-0.15, -0.1) is 0 Å². The Morgan fingerprint density at radius 3 is 2.59 bits per heavy atom. The van der Waals surface area contributed by atoms with Crippen LogP contribution in [-0.4, -0.2) is 24.6 Å². The number of nitrogens with one attached hydrogen (secondary N) is 1. The van der Waals surface area contributed by atoms with E-state index in [-0.39, 0.29) is 0 Å². The van der Waals surface area contributed by atoms with Crippen molar-refractivity contribution >= 4 is 40.7 Å². The summed E-state index contributed by atoms with van der Waals surface area (Å²) in [5.74, 6) is 0.0337. The number of carbonyl (C=O) groups is 1. The molecule has 3 aromatic carbocycles. The van der Waals surface area contributed by atoms with E-state index in [9.17, 15) is 14.3 Å². The van der Waals surface area contributed by atoms with Crippen LogP contribution in [-0.2, 0) is 9.36 Å². The molecular weight excluding hydrogens is 389 g/mol. The van der Waals surface area contributed by atoms with E-state index in [4.69, 9.17) is 9.15 Å². The number of anilines is 1. The lowest BCUT2D eigenvalue weighted by molar-refractivity contribution is -0.116. The molecule has 0 aliphatic heterocycles. The van der Waals surface area contributed by atoms with Gasteiger partial charge >= 0.3 is 0 Å². The van der Waals surface area contributed by atoms with Crippen LogP contribution in [0.4, 0.5) is 5.69 Å². The van der Waals surface area contributed by atoms with Crippen molar-refractivity contribution in [2.75, 3.05) is 19.1 Å². The number of methoxy groups -OCH3 is 1. The summed E-state index contributed by atoms with van der Waals surface area (Å²) in [5.41, 5.74) is 0.149. The molecule has 2 unspecified atom stereocenters. The van der Waals surface area contributed by atoms with E-state index in [0.717, 1.165) is 10.8 Å². The molecule has 1 aromatic heterocycles. The maximum Gasteiger partial charge on any atom is 0.241 e. The zero-order valence-corrected chi connectivity index (χ0v) is 16.9. The first-order valence-electron chi connectivity index (χ1n) is 9.01. The number of fused-ring (bicyclic) bond motifs is 2. The van der Waals surface area contributed by atoms with Gasteiger partial charge in [0.15, 0.2) is 0 Å². The Kier molecular flexibility index (Phi) is 4.91. The fraction of sp³-hybridized carbons (Fsp3) is 0.136. The summed E-state index contributed by atoms with van der Waals surface area (Å²) in [4.78, 5) is 23.4. The van der Waals surface area contributed by atoms with Crippen molar-refractivity contribution in [1.82, 2.24) is 0 Å². The van der Waals surface area contributed by atoms with E-state index < -0.39 is 18.9 Å². The second kappa shape index (κ2) is 7.39. The van der Waals surface area contributed by atoms with Gasteiger partial charge in [0.25, 0.3) is 0 Å². The van der Waals surface area contributed by atoms with E-state index in [1.807, 2.05) is 36.4 Å². The predicted octanol–water partition coefficient (Wildman–Crippen LogP) is 5.17. The van der Waals surface area contributed by atoms with Crippen molar-refractivity contribution in [3.05, 3.63) is 72.5 Å². The minimum Gasteiger partial charge on any atom is -0.497 e. The van der Waals surface area contributed by atoms with Gasteiger partial charge < -0.3 is 19.4 Å². The van der Waals surface area contributed by atoms with Crippen molar-refractivity contribution < 1.29 is 23.4 Å². The molecule has 0 fully saturated rings. The Labute approximate surface area is 167 Å². The molecule has 0 aliphatic rings. The topological polar surface area (TPSA) is 88.8 Å². The van der Waals surface area contributed by atoms with Gasteiger partial charge in [-0.3, -0.25) is 9.36 Å². The summed E-state index contributed by atoms with van der Waals surface area (Å²) < 4.78 is 23.4. The van der Waals surface area contributed by atoms with Crippen LogP contribution in [0.25, 0.3) is 21.7 Å². The van der Waals surface area contributed by atoms with E-state index in [1.165, 1.54) is 12.9 Å². The molecule has 29 heavy (non-hydrogen) atoms. The second-order valence-corrected chi connectivity index (χ2v) is 9.35. The van der Waals surface area contributed by atoms with Crippen LogP contribution in [0, 0.1) is 0 Å². The summed E-state index contributed by atoms with van der Waals surface area (Å²) in [6.45, 7) is 1.18. The molecule has 0 radical (unpaired) electrons. The van der Waals surface area contributed by atoms with E-state index >= 15 is 0 Å². The Hall–Kier alpha value is -3.08. The Morgan fingerprint density at radius 1 is 1.10 bits per heavy atom. The van der Waals surface area contributed by atoms with Gasteiger partial charge in [0.05, 0.1) is 13.4 Å². The number of benzene rings is 3. The van der Waals surface area contributed by atoms with Gasteiger partial charge in [-0.2, -0.15) is 0 Å². The zero-order valence-electron chi connectivity index (χ0n) is 16.0. The molecule has 2 atom stereocenters. The molecule has 4 aromatic rings. The number of ether oxygens (including phenoxy) is 1. The lowest BCUT2D eigenvalue weighted by Gasteiger charge is -2.19. The van der Waals surface area contributed by atoms with Crippen LogP contribution >= 0.6 is 7.37 Å². The van der Waals surface area contributed by atoms with Gasteiger partial charge in [-0.05, 0) is 35.0 Å². The molecule has 148 valence electrons. The SMILES string of the molecule is COc1ccc2c(C(C(=O)Nc3ccc4ccccc4c3)P(C)(=O)O)coc2c1. The molecular formula is C22H20NO5P. The third-order valence-electron chi connectivity index (χ3n) is 4.85. The standard InChI is InChI=1S/C22H20NO5P/c1-27-17-9-10-18-19(13-28-20(18)12-17)21(29(2,25)26)22(24)23-16-8-7-14-5-3-4-6-15(14)11-16/h3-13,21H,1-2H3,(H,23,24)(H,25,26). The first kappa shape index (κ1) is 19.2. The summed E-state index contributed by atoms with van der Waals surface area (Å²) in [6, 6.07) is 18.4. The third-order valence-corrected chi connectivity index (χ3v) is 6.32. The first-order valence-corrected chi connectivity index (χ1v) is 11.2. The third kappa shape index (κ3) is 3.77. The van der Waals surface area contributed by atoms with Crippen LogP contribution in [0.2, 0.25) is 0 Å². The monoisotopic (exact) mass is 409 g/mol. The molecule has 7 heteroatoms. The quantitative estimate of drug-likeness (QED) is 0.444. The molecule has 0 saturated carbocycles. The van der Waals surface area contributed by atoms with Crippen LogP contribution in [0.3, 0.4) is 0 Å². The summed E-state index contributed by atoms with van der Waals surface area (Å²) >= 11 is 0. The molecule has 4 rings (SSSR count). The molecule has 1 heterocycles. The van der Waals surface area contributed by atoms with E-state index in [1.54, 1.807) is 31.4 Å². The highest BCUT2D eigenvalue weighted by molar-refractivity contribution is 7.58. The van der Waals surface area contributed by atoms with Crippen LogP contribution in [0.1, 0.15) is 11.2 Å². The van der Waals surface area contributed by atoms with Crippen molar-refractivity contribution in [3.8, 4) is 5.75 Å². The number of furan rings is 1. The number of carbonyl (C=O) groups excluding carboxylic acids is 1. The highest BCUT2D eigenvalue weighted by Crippen LogP contribution is 2.54. The minimum atomic E-state index is -3.83. The largest absolute Gasteiger partial charge is 0.497 e. The molecule has 2 N–H and O–H groups in total. The van der Waals surface area contributed by atoms with Gasteiger partial charge in [0, 0.05) is 29.4 Å². The number of amides is 1. The molecule has 6 nitrogen and oxygen atoms in total. The van der Waals surface area contributed by atoms with Crippen molar-refractivity contribution in [2.24, 2.45) is 0 Å². The van der Waals surface area contributed by atoms with Crippen LogP contribution < -0.4 is 10.1 Å². The van der Waals surface area contributed by atoms with E-state index in [0.29, 0.717) is 28.0 Å². The highest BCUT2D eigenvalue weighted by Gasteiger charge is 2.37. The van der Waals surface area contributed by atoms with Gasteiger partial charge in [0.1, 0.15) is 17.0 Å². The average Bonchev–Trinajstić information content (AvgIpc) is 3.09. The van der Waals surface area contributed by atoms with Gasteiger partial charge in [-0.1, -0.05) is 30.3 Å². The lowest BCUT2D eigenvalue weighted by Crippen LogP contribution is -2.21. The highest BCUT2D eigenvalue weighted by atomic mass is 31.2. The summed E-state index contributed by atoms with van der Waals surface area (Å²) in [5, 5.41) is 5.38. The second-order valence-electron chi connectivity index (χ2n) is 6.95.